The summed E-state index contributed by atoms with van der Waals surface area (Å²) >= 11 is 0. The number of benzene rings is 1. The Morgan fingerprint density at radius 3 is 2.76 bits per heavy atom. The monoisotopic (exact) mass is 231 g/mol. The Kier molecular flexibility index (Phi) is 2.95. The third-order valence-electron chi connectivity index (χ3n) is 2.26. The first-order valence-electron chi connectivity index (χ1n) is 5.36. The summed E-state index contributed by atoms with van der Waals surface area (Å²) in [6, 6.07) is 6.55. The van der Waals surface area contributed by atoms with Crippen LogP contribution in [0.1, 0.15) is 24.3 Å². The Balaban J connectivity index is 2.38. The first-order valence-corrected chi connectivity index (χ1v) is 5.36. The van der Waals surface area contributed by atoms with Crippen LogP contribution in [-0.4, -0.2) is 22.2 Å². The quantitative estimate of drug-likeness (QED) is 0.807. The molecule has 0 saturated heterocycles. The summed E-state index contributed by atoms with van der Waals surface area (Å²) in [5.74, 6) is -0.258. The van der Waals surface area contributed by atoms with E-state index in [1.165, 1.54) is 0 Å². The summed E-state index contributed by atoms with van der Waals surface area (Å²) < 4.78 is 5.06. The lowest BCUT2D eigenvalue weighted by Gasteiger charge is -2.07. The number of hydrogen-bond donors (Lipinski definition) is 1. The van der Waals surface area contributed by atoms with Crippen molar-refractivity contribution in [1.82, 2.24) is 4.98 Å². The number of esters is 1. The first-order chi connectivity index (χ1) is 8.06. The van der Waals surface area contributed by atoms with Crippen LogP contribution in [-0.2, 0) is 4.74 Å². The standard InChI is InChI=1S/C13H13NO3/c1-8(2)17-13(16)12-6-9-3-4-11(15)5-10(9)7-14-12/h3-8,15H,1-2H3. The van der Waals surface area contributed by atoms with Crippen LogP contribution in [0.25, 0.3) is 10.8 Å². The molecule has 0 fully saturated rings. The fourth-order valence-electron chi connectivity index (χ4n) is 1.52. The Morgan fingerprint density at radius 2 is 2.06 bits per heavy atom. The van der Waals surface area contributed by atoms with Gasteiger partial charge in [-0.3, -0.25) is 0 Å². The Labute approximate surface area is 98.9 Å². The zero-order valence-corrected chi connectivity index (χ0v) is 9.68. The summed E-state index contributed by atoms with van der Waals surface area (Å²) in [7, 11) is 0. The highest BCUT2D eigenvalue weighted by molar-refractivity contribution is 5.93. The van der Waals surface area contributed by atoms with Gasteiger partial charge in [0.1, 0.15) is 11.4 Å². The van der Waals surface area contributed by atoms with Crippen molar-refractivity contribution in [3.8, 4) is 5.75 Å². The van der Waals surface area contributed by atoms with Crippen LogP contribution < -0.4 is 0 Å². The van der Waals surface area contributed by atoms with E-state index in [9.17, 15) is 9.90 Å². The van der Waals surface area contributed by atoms with E-state index < -0.39 is 5.97 Å². The van der Waals surface area contributed by atoms with Crippen molar-refractivity contribution in [2.24, 2.45) is 0 Å². The summed E-state index contributed by atoms with van der Waals surface area (Å²) in [6.07, 6.45) is 1.38. The molecule has 1 N–H and O–H groups in total. The molecule has 4 nitrogen and oxygen atoms in total. The van der Waals surface area contributed by atoms with Crippen LogP contribution in [0.15, 0.2) is 30.5 Å². The first kappa shape index (κ1) is 11.4. The lowest BCUT2D eigenvalue weighted by atomic mass is 10.1. The molecule has 1 aromatic carbocycles. The number of rotatable bonds is 2. The van der Waals surface area contributed by atoms with E-state index >= 15 is 0 Å². The van der Waals surface area contributed by atoms with Crippen LogP contribution in [0.5, 0.6) is 5.75 Å². The van der Waals surface area contributed by atoms with E-state index in [1.54, 1.807) is 44.3 Å². The van der Waals surface area contributed by atoms with Crippen LogP contribution >= 0.6 is 0 Å². The molecule has 0 aliphatic rings. The molecule has 0 aliphatic carbocycles. The number of carbonyl (C=O) groups is 1. The molecule has 4 heteroatoms. The minimum Gasteiger partial charge on any atom is -0.508 e. The van der Waals surface area contributed by atoms with Crippen LogP contribution in [0.4, 0.5) is 0 Å². The Bertz CT molecular complexity index is 564. The summed E-state index contributed by atoms with van der Waals surface area (Å²) in [5.41, 5.74) is 0.275. The average molecular weight is 231 g/mol. The Hall–Kier alpha value is -2.10. The molecule has 1 aromatic heterocycles. The maximum Gasteiger partial charge on any atom is 0.357 e. The maximum absolute atomic E-state index is 11.6. The highest BCUT2D eigenvalue weighted by Crippen LogP contribution is 2.20. The second-order valence-corrected chi connectivity index (χ2v) is 4.06. The molecule has 17 heavy (non-hydrogen) atoms. The summed E-state index contributed by atoms with van der Waals surface area (Å²) in [4.78, 5) is 15.6. The van der Waals surface area contributed by atoms with E-state index in [0.29, 0.717) is 0 Å². The van der Waals surface area contributed by atoms with E-state index in [2.05, 4.69) is 4.98 Å². The highest BCUT2D eigenvalue weighted by atomic mass is 16.5. The van der Waals surface area contributed by atoms with Crippen molar-refractivity contribution in [2.45, 2.75) is 20.0 Å². The van der Waals surface area contributed by atoms with E-state index in [4.69, 9.17) is 4.74 Å². The zero-order valence-electron chi connectivity index (χ0n) is 9.68. The second-order valence-electron chi connectivity index (χ2n) is 4.06. The molecule has 0 aliphatic heterocycles. The number of phenolic OH excluding ortho intramolecular Hbond substituents is 1. The normalized spacial score (nSPS) is 10.8. The van der Waals surface area contributed by atoms with Gasteiger partial charge in [0.15, 0.2) is 0 Å². The second kappa shape index (κ2) is 4.41. The van der Waals surface area contributed by atoms with Crippen molar-refractivity contribution >= 4 is 16.7 Å². The van der Waals surface area contributed by atoms with Gasteiger partial charge in [0, 0.05) is 11.6 Å². The molecule has 0 radical (unpaired) electrons. The number of aromatic nitrogens is 1. The van der Waals surface area contributed by atoms with Gasteiger partial charge >= 0.3 is 5.97 Å². The molecule has 0 unspecified atom stereocenters. The molecule has 0 amide bonds. The fourth-order valence-corrected chi connectivity index (χ4v) is 1.52. The van der Waals surface area contributed by atoms with Crippen molar-refractivity contribution < 1.29 is 14.6 Å². The molecule has 0 bridgehead atoms. The predicted molar refractivity (Wildman–Crippen MR) is 64.0 cm³/mol. The number of aromatic hydroxyl groups is 1. The number of nitrogens with zero attached hydrogens (tertiary/aromatic N) is 1. The molecule has 0 spiro atoms. The summed E-state index contributed by atoms with van der Waals surface area (Å²) in [6.45, 7) is 3.58. The van der Waals surface area contributed by atoms with Gasteiger partial charge in [-0.05, 0) is 37.4 Å². The number of pyridine rings is 1. The minimum atomic E-state index is -0.435. The average Bonchev–Trinajstić information content (AvgIpc) is 2.27. The molecule has 1 heterocycles. The third kappa shape index (κ3) is 2.53. The largest absolute Gasteiger partial charge is 0.508 e. The van der Waals surface area contributed by atoms with Crippen LogP contribution in [0, 0.1) is 0 Å². The molecule has 0 atom stereocenters. The molecule has 88 valence electrons. The van der Waals surface area contributed by atoms with E-state index in [1.807, 2.05) is 0 Å². The maximum atomic E-state index is 11.6. The van der Waals surface area contributed by atoms with Gasteiger partial charge in [0.05, 0.1) is 6.10 Å². The summed E-state index contributed by atoms with van der Waals surface area (Å²) in [5, 5.41) is 10.9. The van der Waals surface area contributed by atoms with E-state index in [-0.39, 0.29) is 17.5 Å². The minimum absolute atomic E-state index is 0.167. The van der Waals surface area contributed by atoms with Crippen molar-refractivity contribution in [2.75, 3.05) is 0 Å². The van der Waals surface area contributed by atoms with Gasteiger partial charge in [0.2, 0.25) is 0 Å². The number of fused-ring (bicyclic) bond motifs is 1. The number of hydrogen-bond acceptors (Lipinski definition) is 4. The number of ether oxygens (including phenoxy) is 1. The Morgan fingerprint density at radius 1 is 1.29 bits per heavy atom. The van der Waals surface area contributed by atoms with Gasteiger partial charge < -0.3 is 9.84 Å². The third-order valence-corrected chi connectivity index (χ3v) is 2.26. The van der Waals surface area contributed by atoms with Crippen molar-refractivity contribution in [3.05, 3.63) is 36.2 Å². The predicted octanol–water partition coefficient (Wildman–Crippen LogP) is 2.51. The van der Waals surface area contributed by atoms with Gasteiger partial charge in [-0.1, -0.05) is 6.07 Å². The SMILES string of the molecule is CC(C)OC(=O)c1cc2ccc(O)cc2cn1. The molecule has 2 rings (SSSR count). The lowest BCUT2D eigenvalue weighted by Crippen LogP contribution is -2.12. The molecular formula is C13H13NO3. The van der Waals surface area contributed by atoms with E-state index in [0.717, 1.165) is 10.8 Å². The van der Waals surface area contributed by atoms with Crippen molar-refractivity contribution in [1.29, 1.82) is 0 Å². The molecular weight excluding hydrogens is 218 g/mol. The molecule has 0 saturated carbocycles. The van der Waals surface area contributed by atoms with Gasteiger partial charge in [0.25, 0.3) is 0 Å². The van der Waals surface area contributed by atoms with Crippen molar-refractivity contribution in [3.63, 3.8) is 0 Å². The number of carbonyl (C=O) groups excluding carboxylic acids is 1. The van der Waals surface area contributed by atoms with Gasteiger partial charge in [-0.15, -0.1) is 0 Å². The highest BCUT2D eigenvalue weighted by Gasteiger charge is 2.11. The topological polar surface area (TPSA) is 59.4 Å². The van der Waals surface area contributed by atoms with Gasteiger partial charge in [-0.2, -0.15) is 0 Å². The lowest BCUT2D eigenvalue weighted by molar-refractivity contribution is 0.0371. The smallest absolute Gasteiger partial charge is 0.357 e. The number of phenols is 1. The molecule has 2 aromatic rings. The van der Waals surface area contributed by atoms with Crippen LogP contribution in [0.3, 0.4) is 0 Å². The zero-order chi connectivity index (χ0) is 12.4. The fraction of sp³-hybridized carbons (Fsp3) is 0.231. The van der Waals surface area contributed by atoms with Gasteiger partial charge in [-0.25, -0.2) is 9.78 Å². The van der Waals surface area contributed by atoms with Crippen LogP contribution in [0.2, 0.25) is 0 Å².